The van der Waals surface area contributed by atoms with Crippen LogP contribution in [0, 0.1) is 22.2 Å². The molecular weight excluding hydrogens is 273 g/mol. The molecule has 0 aliphatic heterocycles. The number of hydrogen-bond donors (Lipinski definition) is 1. The van der Waals surface area contributed by atoms with E-state index in [9.17, 15) is 13.2 Å². The molecule has 2 aromatic carbocycles. The van der Waals surface area contributed by atoms with Gasteiger partial charge < -0.3 is 4.98 Å². The number of nitrogens with one attached hydrogen (secondary N) is 1. The molecule has 1 heterocycles. The number of hydrogen-bond acceptors (Lipinski definition) is 1. The van der Waals surface area contributed by atoms with Gasteiger partial charge in [0.1, 0.15) is 23.0 Å². The van der Waals surface area contributed by atoms with Gasteiger partial charge in [0.15, 0.2) is 4.77 Å². The highest BCUT2D eigenvalue weighted by molar-refractivity contribution is 7.71. The average Bonchev–Trinajstić information content (AvgIpc) is 2.65. The summed E-state index contributed by atoms with van der Waals surface area (Å²) >= 11 is 5.08. The Morgan fingerprint density at radius 1 is 1.00 bits per heavy atom. The molecule has 3 aromatic rings. The first kappa shape index (κ1) is 12.0. The van der Waals surface area contributed by atoms with Gasteiger partial charge in [0.05, 0.1) is 11.2 Å². The molecule has 0 amide bonds. The van der Waals surface area contributed by atoms with Gasteiger partial charge >= 0.3 is 0 Å². The fraction of sp³-hybridized carbons (Fsp3) is 0. The number of rotatable bonds is 1. The maximum absolute atomic E-state index is 13.6. The molecule has 96 valence electrons. The third-order valence-corrected chi connectivity index (χ3v) is 3.06. The highest BCUT2D eigenvalue weighted by Crippen LogP contribution is 2.22. The zero-order chi connectivity index (χ0) is 13.6. The highest BCUT2D eigenvalue weighted by Gasteiger charge is 2.11. The molecule has 6 heteroatoms. The lowest BCUT2D eigenvalue weighted by Crippen LogP contribution is -1.96. The monoisotopic (exact) mass is 280 g/mol. The van der Waals surface area contributed by atoms with Crippen LogP contribution in [0.15, 0.2) is 36.4 Å². The minimum absolute atomic E-state index is 0.171. The molecule has 2 nitrogen and oxygen atoms in total. The molecular formula is C13H7F3N2S. The Morgan fingerprint density at radius 3 is 2.37 bits per heavy atom. The predicted molar refractivity (Wildman–Crippen MR) is 68.3 cm³/mol. The second-order valence-electron chi connectivity index (χ2n) is 4.03. The van der Waals surface area contributed by atoms with E-state index < -0.39 is 17.5 Å². The predicted octanol–water partition coefficient (Wildman–Crippen LogP) is 4.11. The summed E-state index contributed by atoms with van der Waals surface area (Å²) in [4.78, 5) is 2.69. The van der Waals surface area contributed by atoms with Crippen LogP contribution in [-0.4, -0.2) is 9.55 Å². The number of fused-ring (bicyclic) bond motifs is 1. The van der Waals surface area contributed by atoms with Crippen LogP contribution >= 0.6 is 12.2 Å². The molecule has 0 aliphatic rings. The van der Waals surface area contributed by atoms with Crippen LogP contribution in [0.5, 0.6) is 0 Å². The second kappa shape index (κ2) is 4.24. The molecule has 0 bridgehead atoms. The number of para-hydroxylation sites is 1. The Morgan fingerprint density at radius 2 is 1.68 bits per heavy atom. The smallest absolute Gasteiger partial charge is 0.182 e. The largest absolute Gasteiger partial charge is 0.328 e. The average molecular weight is 280 g/mol. The molecule has 0 unspecified atom stereocenters. The van der Waals surface area contributed by atoms with E-state index in [0.717, 1.165) is 18.2 Å². The lowest BCUT2D eigenvalue weighted by Gasteiger charge is -2.05. The Kier molecular flexibility index (Phi) is 2.67. The summed E-state index contributed by atoms with van der Waals surface area (Å²) in [5.74, 6) is -1.91. The van der Waals surface area contributed by atoms with Crippen molar-refractivity contribution < 1.29 is 13.2 Å². The maximum Gasteiger partial charge on any atom is 0.182 e. The molecule has 1 aromatic heterocycles. The molecule has 0 saturated heterocycles. The Balaban J connectivity index is 2.39. The highest BCUT2D eigenvalue weighted by atomic mass is 32.1. The molecule has 0 spiro atoms. The Labute approximate surface area is 111 Å². The van der Waals surface area contributed by atoms with Gasteiger partial charge in [-0.15, -0.1) is 0 Å². The van der Waals surface area contributed by atoms with Gasteiger partial charge in [-0.2, -0.15) is 0 Å². The topological polar surface area (TPSA) is 20.7 Å². The zero-order valence-corrected chi connectivity index (χ0v) is 10.3. The van der Waals surface area contributed by atoms with Crippen LogP contribution in [0.4, 0.5) is 13.2 Å². The minimum atomic E-state index is -0.720. The van der Waals surface area contributed by atoms with Crippen LogP contribution in [0.1, 0.15) is 0 Å². The first-order chi connectivity index (χ1) is 9.06. The van der Waals surface area contributed by atoms with Crippen LogP contribution in [0.2, 0.25) is 0 Å². The van der Waals surface area contributed by atoms with Gasteiger partial charge in [-0.25, -0.2) is 13.2 Å². The molecule has 19 heavy (non-hydrogen) atoms. The molecule has 0 radical (unpaired) electrons. The van der Waals surface area contributed by atoms with Gasteiger partial charge in [0.25, 0.3) is 0 Å². The Hall–Kier alpha value is -2.08. The van der Waals surface area contributed by atoms with Crippen molar-refractivity contribution in [3.63, 3.8) is 0 Å². The fourth-order valence-corrected chi connectivity index (χ4v) is 2.33. The molecule has 0 aliphatic carbocycles. The summed E-state index contributed by atoms with van der Waals surface area (Å²) in [5, 5.41) is 0. The van der Waals surface area contributed by atoms with Crippen LogP contribution < -0.4 is 0 Å². The first-order valence-corrected chi connectivity index (χ1v) is 5.83. The SMILES string of the molecule is Fc1cc(F)cc(-n2c(=S)[nH]c3c(F)cccc32)c1. The van der Waals surface area contributed by atoms with Gasteiger partial charge in [-0.3, -0.25) is 4.57 Å². The number of aromatic nitrogens is 2. The van der Waals surface area contributed by atoms with Gasteiger partial charge in [-0.05, 0) is 36.5 Å². The van der Waals surface area contributed by atoms with Crippen molar-refractivity contribution in [2.45, 2.75) is 0 Å². The zero-order valence-electron chi connectivity index (χ0n) is 9.45. The molecule has 1 N–H and O–H groups in total. The van der Waals surface area contributed by atoms with Gasteiger partial charge in [-0.1, -0.05) is 6.07 Å². The molecule has 3 rings (SSSR count). The quantitative estimate of drug-likeness (QED) is 0.665. The third-order valence-electron chi connectivity index (χ3n) is 2.77. The van der Waals surface area contributed by atoms with Crippen molar-refractivity contribution in [1.29, 1.82) is 0 Å². The van der Waals surface area contributed by atoms with E-state index in [0.29, 0.717) is 5.52 Å². The summed E-state index contributed by atoms with van der Waals surface area (Å²) in [6, 6.07) is 7.45. The van der Waals surface area contributed by atoms with E-state index in [2.05, 4.69) is 4.98 Å². The maximum atomic E-state index is 13.6. The molecule has 0 saturated carbocycles. The van der Waals surface area contributed by atoms with E-state index in [1.54, 1.807) is 6.07 Å². The molecule has 0 atom stereocenters. The van der Waals surface area contributed by atoms with Crippen LogP contribution in [0.25, 0.3) is 16.7 Å². The van der Waals surface area contributed by atoms with Crippen molar-refractivity contribution in [3.05, 3.63) is 58.6 Å². The van der Waals surface area contributed by atoms with Gasteiger partial charge in [0, 0.05) is 6.07 Å². The number of nitrogens with zero attached hydrogens (tertiary/aromatic N) is 1. The number of benzene rings is 2. The Bertz CT molecular complexity index is 815. The van der Waals surface area contributed by atoms with E-state index in [4.69, 9.17) is 12.2 Å². The van der Waals surface area contributed by atoms with Crippen molar-refractivity contribution in [2.24, 2.45) is 0 Å². The van der Waals surface area contributed by atoms with E-state index in [1.807, 2.05) is 0 Å². The van der Waals surface area contributed by atoms with Gasteiger partial charge in [0.2, 0.25) is 0 Å². The first-order valence-electron chi connectivity index (χ1n) is 5.42. The summed E-state index contributed by atoms with van der Waals surface area (Å²) < 4.78 is 41.7. The summed E-state index contributed by atoms with van der Waals surface area (Å²) in [6.45, 7) is 0. The van der Waals surface area contributed by atoms with E-state index in [1.165, 1.54) is 16.7 Å². The third kappa shape index (κ3) is 1.94. The number of H-pyrrole nitrogens is 1. The number of imidazole rings is 1. The van der Waals surface area contributed by atoms with Crippen molar-refractivity contribution in [3.8, 4) is 5.69 Å². The summed E-state index contributed by atoms with van der Waals surface area (Å²) in [6.07, 6.45) is 0. The van der Waals surface area contributed by atoms with Crippen LogP contribution in [-0.2, 0) is 0 Å². The summed E-state index contributed by atoms with van der Waals surface area (Å²) in [7, 11) is 0. The van der Waals surface area contributed by atoms with E-state index in [-0.39, 0.29) is 16.0 Å². The fourth-order valence-electron chi connectivity index (χ4n) is 2.02. The second-order valence-corrected chi connectivity index (χ2v) is 4.41. The number of aromatic amines is 1. The van der Waals surface area contributed by atoms with E-state index >= 15 is 0 Å². The lowest BCUT2D eigenvalue weighted by atomic mass is 10.2. The van der Waals surface area contributed by atoms with Crippen molar-refractivity contribution in [2.75, 3.05) is 0 Å². The van der Waals surface area contributed by atoms with Crippen molar-refractivity contribution >= 4 is 23.3 Å². The standard InChI is InChI=1S/C13H7F3N2S/c14-7-4-8(15)6-9(5-7)18-11-3-1-2-10(16)12(11)17-13(18)19/h1-6H,(H,17,19). The molecule has 0 fully saturated rings. The lowest BCUT2D eigenvalue weighted by molar-refractivity contribution is 0.581. The normalized spacial score (nSPS) is 11.1. The minimum Gasteiger partial charge on any atom is -0.328 e. The number of halogens is 3. The summed E-state index contributed by atoms with van der Waals surface area (Å²) in [5.41, 5.74) is 0.839. The van der Waals surface area contributed by atoms with Crippen molar-refractivity contribution in [1.82, 2.24) is 9.55 Å². The van der Waals surface area contributed by atoms with Crippen LogP contribution in [0.3, 0.4) is 0 Å².